The summed E-state index contributed by atoms with van der Waals surface area (Å²) in [5.74, 6) is -0.0514. The molecule has 0 aromatic heterocycles. The molecule has 2 rings (SSSR count). The Morgan fingerprint density at radius 3 is 2.54 bits per heavy atom. The normalized spacial score (nSPS) is 11.4. The lowest BCUT2D eigenvalue weighted by Gasteiger charge is -2.12. The fourth-order valence-corrected chi connectivity index (χ4v) is 2.30. The minimum Gasteiger partial charge on any atom is -0.493 e. The van der Waals surface area contributed by atoms with Gasteiger partial charge in [-0.3, -0.25) is 4.79 Å². The molecule has 0 aliphatic carbocycles. The third-order valence-corrected chi connectivity index (χ3v) is 3.74. The summed E-state index contributed by atoms with van der Waals surface area (Å²) in [4.78, 5) is 24.1. The van der Waals surface area contributed by atoms with Crippen LogP contribution in [0, 0.1) is 11.3 Å². The maximum atomic E-state index is 12.2. The van der Waals surface area contributed by atoms with E-state index in [1.807, 2.05) is 6.07 Å². The van der Waals surface area contributed by atoms with E-state index in [1.165, 1.54) is 33.3 Å². The standard InChI is InChI=1S/C21H20N2O5/c1-14(21(25)23-17-6-4-5-16(11-17)13-22)28-20(24)10-8-15-7-9-18(26-2)19(12-15)27-3/h4-12,14H,1-3H3,(H,23,25)/b10-8+. The Morgan fingerprint density at radius 2 is 1.86 bits per heavy atom. The first-order valence-electron chi connectivity index (χ1n) is 8.38. The second-order valence-electron chi connectivity index (χ2n) is 5.71. The number of anilines is 1. The highest BCUT2D eigenvalue weighted by atomic mass is 16.5. The second kappa shape index (κ2) is 9.78. The van der Waals surface area contributed by atoms with Gasteiger partial charge in [-0.25, -0.2) is 4.79 Å². The molecular formula is C21H20N2O5. The molecule has 0 saturated carbocycles. The molecule has 1 unspecified atom stereocenters. The largest absolute Gasteiger partial charge is 0.493 e. The number of ether oxygens (including phenoxy) is 3. The summed E-state index contributed by atoms with van der Waals surface area (Å²) in [6, 6.07) is 13.6. The number of carbonyl (C=O) groups excluding carboxylic acids is 2. The number of rotatable bonds is 7. The van der Waals surface area contributed by atoms with Crippen LogP contribution in [-0.2, 0) is 14.3 Å². The SMILES string of the molecule is COc1ccc(/C=C/C(=O)OC(C)C(=O)Nc2cccc(C#N)c2)cc1OC. The average Bonchev–Trinajstić information content (AvgIpc) is 2.71. The van der Waals surface area contributed by atoms with Crippen LogP contribution in [-0.4, -0.2) is 32.2 Å². The molecule has 144 valence electrons. The molecule has 0 radical (unpaired) electrons. The number of amides is 1. The Labute approximate surface area is 163 Å². The van der Waals surface area contributed by atoms with Gasteiger partial charge in [0.2, 0.25) is 0 Å². The van der Waals surface area contributed by atoms with Crippen LogP contribution in [0.15, 0.2) is 48.5 Å². The summed E-state index contributed by atoms with van der Waals surface area (Å²) in [5.41, 5.74) is 1.58. The number of esters is 1. The molecule has 0 saturated heterocycles. The maximum Gasteiger partial charge on any atom is 0.331 e. The topological polar surface area (TPSA) is 97.6 Å². The first-order valence-corrected chi connectivity index (χ1v) is 8.38. The lowest BCUT2D eigenvalue weighted by atomic mass is 10.2. The second-order valence-corrected chi connectivity index (χ2v) is 5.71. The van der Waals surface area contributed by atoms with Crippen molar-refractivity contribution >= 4 is 23.6 Å². The van der Waals surface area contributed by atoms with E-state index < -0.39 is 18.0 Å². The first-order chi connectivity index (χ1) is 13.5. The monoisotopic (exact) mass is 380 g/mol. The third kappa shape index (κ3) is 5.61. The van der Waals surface area contributed by atoms with E-state index in [2.05, 4.69) is 5.32 Å². The van der Waals surface area contributed by atoms with Crippen LogP contribution < -0.4 is 14.8 Å². The maximum absolute atomic E-state index is 12.2. The molecule has 1 atom stereocenters. The Balaban J connectivity index is 1.95. The minimum absolute atomic E-state index is 0.417. The fourth-order valence-electron chi connectivity index (χ4n) is 2.30. The van der Waals surface area contributed by atoms with Gasteiger partial charge in [-0.1, -0.05) is 12.1 Å². The number of nitrogens with one attached hydrogen (secondary N) is 1. The Bertz CT molecular complexity index is 931. The predicted molar refractivity (Wildman–Crippen MR) is 104 cm³/mol. The number of carbonyl (C=O) groups is 2. The van der Waals surface area contributed by atoms with Crippen molar-refractivity contribution in [1.29, 1.82) is 5.26 Å². The van der Waals surface area contributed by atoms with Gasteiger partial charge < -0.3 is 19.5 Å². The molecule has 2 aromatic carbocycles. The predicted octanol–water partition coefficient (Wildman–Crippen LogP) is 3.16. The zero-order chi connectivity index (χ0) is 20.5. The smallest absolute Gasteiger partial charge is 0.331 e. The van der Waals surface area contributed by atoms with Crippen LogP contribution in [0.4, 0.5) is 5.69 Å². The van der Waals surface area contributed by atoms with E-state index in [0.717, 1.165) is 0 Å². The number of methoxy groups -OCH3 is 2. The molecule has 7 heteroatoms. The Kier molecular flexibility index (Phi) is 7.17. The fraction of sp³-hybridized carbons (Fsp3) is 0.190. The van der Waals surface area contributed by atoms with Crippen molar-refractivity contribution in [2.24, 2.45) is 0 Å². The summed E-state index contributed by atoms with van der Waals surface area (Å²) in [5, 5.41) is 11.5. The van der Waals surface area contributed by atoms with Crippen molar-refractivity contribution < 1.29 is 23.8 Å². The van der Waals surface area contributed by atoms with E-state index in [4.69, 9.17) is 19.5 Å². The van der Waals surface area contributed by atoms with Gasteiger partial charge in [-0.05, 0) is 48.9 Å². The van der Waals surface area contributed by atoms with Gasteiger partial charge in [0, 0.05) is 11.8 Å². The number of nitrogens with zero attached hydrogens (tertiary/aromatic N) is 1. The highest BCUT2D eigenvalue weighted by Gasteiger charge is 2.16. The molecule has 1 amide bonds. The molecule has 0 bridgehead atoms. The van der Waals surface area contributed by atoms with Crippen molar-refractivity contribution in [2.45, 2.75) is 13.0 Å². The van der Waals surface area contributed by atoms with Crippen LogP contribution in [0.25, 0.3) is 6.08 Å². The Hall–Kier alpha value is -3.79. The average molecular weight is 380 g/mol. The van der Waals surface area contributed by atoms with E-state index in [0.29, 0.717) is 28.3 Å². The number of benzene rings is 2. The van der Waals surface area contributed by atoms with Gasteiger partial charge in [0.05, 0.1) is 25.9 Å². The van der Waals surface area contributed by atoms with Gasteiger partial charge in [0.15, 0.2) is 17.6 Å². The van der Waals surface area contributed by atoms with Crippen molar-refractivity contribution in [3.63, 3.8) is 0 Å². The van der Waals surface area contributed by atoms with E-state index in [1.54, 1.807) is 42.5 Å². The van der Waals surface area contributed by atoms with Crippen molar-refractivity contribution in [1.82, 2.24) is 0 Å². The van der Waals surface area contributed by atoms with Crippen LogP contribution in [0.5, 0.6) is 11.5 Å². The molecule has 2 aromatic rings. The summed E-state index contributed by atoms with van der Waals surface area (Å²) in [6.07, 6.45) is 1.76. The zero-order valence-corrected chi connectivity index (χ0v) is 15.8. The zero-order valence-electron chi connectivity index (χ0n) is 15.8. The number of hydrogen-bond acceptors (Lipinski definition) is 6. The van der Waals surface area contributed by atoms with Crippen LogP contribution in [0.2, 0.25) is 0 Å². The lowest BCUT2D eigenvalue weighted by molar-refractivity contribution is -0.148. The molecular weight excluding hydrogens is 360 g/mol. The van der Waals surface area contributed by atoms with Crippen molar-refractivity contribution in [3.8, 4) is 17.6 Å². The molecule has 0 aliphatic heterocycles. The molecule has 28 heavy (non-hydrogen) atoms. The summed E-state index contributed by atoms with van der Waals surface area (Å²) in [6.45, 7) is 1.46. The number of hydrogen-bond donors (Lipinski definition) is 1. The van der Waals surface area contributed by atoms with Gasteiger partial charge >= 0.3 is 5.97 Å². The molecule has 0 fully saturated rings. The molecule has 0 spiro atoms. The van der Waals surface area contributed by atoms with Crippen LogP contribution >= 0.6 is 0 Å². The van der Waals surface area contributed by atoms with Crippen molar-refractivity contribution in [2.75, 3.05) is 19.5 Å². The lowest BCUT2D eigenvalue weighted by Crippen LogP contribution is -2.29. The summed E-state index contributed by atoms with van der Waals surface area (Å²) in [7, 11) is 3.06. The summed E-state index contributed by atoms with van der Waals surface area (Å²) >= 11 is 0. The van der Waals surface area contributed by atoms with Gasteiger partial charge in [-0.15, -0.1) is 0 Å². The quantitative estimate of drug-likeness (QED) is 0.585. The molecule has 0 heterocycles. The number of nitriles is 1. The first kappa shape index (κ1) is 20.5. The van der Waals surface area contributed by atoms with E-state index in [-0.39, 0.29) is 0 Å². The molecule has 0 aliphatic rings. The van der Waals surface area contributed by atoms with Gasteiger partial charge in [-0.2, -0.15) is 5.26 Å². The highest BCUT2D eigenvalue weighted by Crippen LogP contribution is 2.27. The van der Waals surface area contributed by atoms with Crippen LogP contribution in [0.3, 0.4) is 0 Å². The van der Waals surface area contributed by atoms with E-state index >= 15 is 0 Å². The van der Waals surface area contributed by atoms with Gasteiger partial charge in [0.25, 0.3) is 5.91 Å². The Morgan fingerprint density at radius 1 is 1.11 bits per heavy atom. The van der Waals surface area contributed by atoms with E-state index in [9.17, 15) is 9.59 Å². The van der Waals surface area contributed by atoms with Crippen LogP contribution in [0.1, 0.15) is 18.1 Å². The minimum atomic E-state index is -1.01. The highest BCUT2D eigenvalue weighted by molar-refractivity contribution is 5.96. The van der Waals surface area contributed by atoms with Crippen molar-refractivity contribution in [3.05, 3.63) is 59.7 Å². The molecule has 1 N–H and O–H groups in total. The van der Waals surface area contributed by atoms with Gasteiger partial charge in [0.1, 0.15) is 0 Å². The summed E-state index contributed by atoms with van der Waals surface area (Å²) < 4.78 is 15.5. The molecule has 7 nitrogen and oxygen atoms in total. The third-order valence-electron chi connectivity index (χ3n) is 3.74.